The molecule has 0 fully saturated rings. The van der Waals surface area contributed by atoms with Crippen molar-refractivity contribution < 1.29 is 14.0 Å². The number of aryl methyl sites for hydroxylation is 1. The second-order valence-corrected chi connectivity index (χ2v) is 6.76. The van der Waals surface area contributed by atoms with Gasteiger partial charge in [-0.2, -0.15) is 0 Å². The summed E-state index contributed by atoms with van der Waals surface area (Å²) in [4.78, 5) is 28.7. The first-order valence-electron chi connectivity index (χ1n) is 9.16. The number of nitrogens with zero attached hydrogens (tertiary/aromatic N) is 1. The number of hydrogen-bond acceptors (Lipinski definition) is 4. The molecule has 2 amide bonds. The molecule has 4 rings (SSSR count). The lowest BCUT2D eigenvalue weighted by molar-refractivity contribution is -0.115. The minimum atomic E-state index is -0.262. The van der Waals surface area contributed by atoms with Gasteiger partial charge in [-0.1, -0.05) is 18.2 Å². The zero-order valence-corrected chi connectivity index (χ0v) is 15.8. The van der Waals surface area contributed by atoms with Crippen LogP contribution in [0.15, 0.2) is 77.7 Å². The molecule has 0 saturated heterocycles. The highest BCUT2D eigenvalue weighted by atomic mass is 16.3. The smallest absolute Gasteiger partial charge is 0.257 e. The highest BCUT2D eigenvalue weighted by Gasteiger charge is 2.12. The van der Waals surface area contributed by atoms with Crippen LogP contribution in [-0.4, -0.2) is 16.8 Å². The Labute approximate surface area is 167 Å². The molecule has 0 aliphatic rings. The van der Waals surface area contributed by atoms with E-state index in [1.165, 1.54) is 6.20 Å². The van der Waals surface area contributed by atoms with Crippen LogP contribution in [0.1, 0.15) is 21.5 Å². The largest absolute Gasteiger partial charge is 0.464 e. The van der Waals surface area contributed by atoms with Crippen LogP contribution in [0.4, 0.5) is 11.4 Å². The Balaban J connectivity index is 1.43. The number of carbonyl (C=O) groups excluding carboxylic acids is 2. The number of furan rings is 1. The summed E-state index contributed by atoms with van der Waals surface area (Å²) in [7, 11) is 0. The number of benzene rings is 2. The van der Waals surface area contributed by atoms with Crippen LogP contribution in [-0.2, 0) is 11.2 Å². The van der Waals surface area contributed by atoms with Gasteiger partial charge in [-0.05, 0) is 48.9 Å². The third kappa shape index (κ3) is 4.32. The minimum absolute atomic E-state index is 0.163. The van der Waals surface area contributed by atoms with Crippen molar-refractivity contribution in [2.24, 2.45) is 0 Å². The quantitative estimate of drug-likeness (QED) is 0.527. The van der Waals surface area contributed by atoms with Crippen LogP contribution < -0.4 is 10.6 Å². The average molecular weight is 385 g/mol. The summed E-state index contributed by atoms with van der Waals surface area (Å²) in [5.41, 5.74) is 4.35. The van der Waals surface area contributed by atoms with Crippen molar-refractivity contribution in [1.82, 2.24) is 4.98 Å². The summed E-state index contributed by atoms with van der Waals surface area (Å²) in [6.07, 6.45) is 4.92. The number of amides is 2. The minimum Gasteiger partial charge on any atom is -0.464 e. The van der Waals surface area contributed by atoms with Crippen molar-refractivity contribution in [2.45, 2.75) is 13.3 Å². The highest BCUT2D eigenvalue weighted by Crippen LogP contribution is 2.23. The molecule has 0 spiro atoms. The molecule has 0 atom stereocenters. The molecule has 29 heavy (non-hydrogen) atoms. The third-order valence-electron chi connectivity index (χ3n) is 4.49. The van der Waals surface area contributed by atoms with Crippen molar-refractivity contribution in [3.63, 3.8) is 0 Å². The van der Waals surface area contributed by atoms with E-state index in [-0.39, 0.29) is 18.2 Å². The van der Waals surface area contributed by atoms with Gasteiger partial charge >= 0.3 is 0 Å². The summed E-state index contributed by atoms with van der Waals surface area (Å²) in [5.74, 6) is -0.425. The number of pyridine rings is 1. The molecule has 2 heterocycles. The van der Waals surface area contributed by atoms with E-state index in [2.05, 4.69) is 15.6 Å². The summed E-state index contributed by atoms with van der Waals surface area (Å²) < 4.78 is 5.55. The fourth-order valence-corrected chi connectivity index (χ4v) is 3.08. The third-order valence-corrected chi connectivity index (χ3v) is 4.49. The first-order chi connectivity index (χ1) is 14.1. The molecule has 0 radical (unpaired) electrons. The first-order valence-corrected chi connectivity index (χ1v) is 9.16. The van der Waals surface area contributed by atoms with Crippen LogP contribution in [0.2, 0.25) is 0 Å². The second kappa shape index (κ2) is 7.98. The molecular formula is C23H19N3O3. The van der Waals surface area contributed by atoms with Gasteiger partial charge in [0.25, 0.3) is 5.91 Å². The average Bonchev–Trinajstić information content (AvgIpc) is 3.10. The van der Waals surface area contributed by atoms with Gasteiger partial charge in [0, 0.05) is 34.7 Å². The molecule has 2 aromatic heterocycles. The maximum atomic E-state index is 12.5. The topological polar surface area (TPSA) is 84.2 Å². The Morgan fingerprint density at radius 2 is 1.83 bits per heavy atom. The van der Waals surface area contributed by atoms with Gasteiger partial charge in [-0.3, -0.25) is 14.6 Å². The van der Waals surface area contributed by atoms with E-state index in [1.807, 2.05) is 25.1 Å². The fraction of sp³-hybridized carbons (Fsp3) is 0.0870. The number of anilines is 2. The number of fused-ring (bicyclic) bond motifs is 1. The van der Waals surface area contributed by atoms with Crippen LogP contribution in [0.25, 0.3) is 11.0 Å². The van der Waals surface area contributed by atoms with Crippen LogP contribution in [0.3, 0.4) is 0 Å². The normalized spacial score (nSPS) is 10.7. The molecule has 144 valence electrons. The Bertz CT molecular complexity index is 1180. The molecule has 0 saturated carbocycles. The molecule has 0 aliphatic carbocycles. The fourth-order valence-electron chi connectivity index (χ4n) is 3.08. The van der Waals surface area contributed by atoms with Crippen molar-refractivity contribution in [1.29, 1.82) is 0 Å². The van der Waals surface area contributed by atoms with Gasteiger partial charge in [0.05, 0.1) is 18.2 Å². The second-order valence-electron chi connectivity index (χ2n) is 6.76. The summed E-state index contributed by atoms with van der Waals surface area (Å²) >= 11 is 0. The molecule has 0 bridgehead atoms. The van der Waals surface area contributed by atoms with Crippen LogP contribution >= 0.6 is 0 Å². The van der Waals surface area contributed by atoms with E-state index in [9.17, 15) is 9.59 Å². The summed E-state index contributed by atoms with van der Waals surface area (Å²) in [6, 6.07) is 16.3. The van der Waals surface area contributed by atoms with Gasteiger partial charge in [-0.25, -0.2) is 0 Å². The van der Waals surface area contributed by atoms with Crippen molar-refractivity contribution >= 4 is 34.2 Å². The van der Waals surface area contributed by atoms with Crippen molar-refractivity contribution in [3.8, 4) is 0 Å². The molecule has 6 nitrogen and oxygen atoms in total. The molecule has 6 heteroatoms. The van der Waals surface area contributed by atoms with Gasteiger partial charge in [0.2, 0.25) is 5.91 Å². The Morgan fingerprint density at radius 1 is 1.00 bits per heavy atom. The molecule has 0 unspecified atom stereocenters. The van der Waals surface area contributed by atoms with Crippen LogP contribution in [0, 0.1) is 6.92 Å². The zero-order chi connectivity index (χ0) is 20.2. The summed E-state index contributed by atoms with van der Waals surface area (Å²) in [5, 5.41) is 6.60. The number of carbonyl (C=O) groups is 2. The van der Waals surface area contributed by atoms with Gasteiger partial charge in [0.15, 0.2) is 0 Å². The Hall–Kier alpha value is -3.93. The van der Waals surface area contributed by atoms with E-state index < -0.39 is 0 Å². The first kappa shape index (κ1) is 18.4. The SMILES string of the molecule is Cc1ccc2c(CC(=O)Nc3cccc(NC(=O)c4cccnc4)c3)coc2c1. The highest BCUT2D eigenvalue weighted by molar-refractivity contribution is 6.04. The maximum Gasteiger partial charge on any atom is 0.257 e. The van der Waals surface area contributed by atoms with E-state index in [0.717, 1.165) is 22.1 Å². The maximum absolute atomic E-state index is 12.5. The van der Waals surface area contributed by atoms with Crippen molar-refractivity contribution in [2.75, 3.05) is 10.6 Å². The lowest BCUT2D eigenvalue weighted by Gasteiger charge is -2.09. The molecule has 4 aromatic rings. The zero-order valence-electron chi connectivity index (χ0n) is 15.8. The van der Waals surface area contributed by atoms with E-state index >= 15 is 0 Å². The lowest BCUT2D eigenvalue weighted by atomic mass is 10.1. The van der Waals surface area contributed by atoms with E-state index in [1.54, 1.807) is 48.9 Å². The van der Waals surface area contributed by atoms with E-state index in [4.69, 9.17) is 4.42 Å². The van der Waals surface area contributed by atoms with E-state index in [0.29, 0.717) is 16.9 Å². The standard InChI is InChI=1S/C23H19N3O3/c1-15-7-8-20-17(14-29-21(20)10-15)11-22(27)25-18-5-2-6-19(12-18)26-23(28)16-4-3-9-24-13-16/h2-10,12-14H,11H2,1H3,(H,25,27)(H,26,28). The monoisotopic (exact) mass is 385 g/mol. The summed E-state index contributed by atoms with van der Waals surface area (Å²) in [6.45, 7) is 1.99. The number of aromatic nitrogens is 1. The predicted molar refractivity (Wildman–Crippen MR) is 112 cm³/mol. The molecule has 2 aromatic carbocycles. The molecule has 0 aliphatic heterocycles. The van der Waals surface area contributed by atoms with Gasteiger partial charge in [-0.15, -0.1) is 0 Å². The van der Waals surface area contributed by atoms with Gasteiger partial charge < -0.3 is 15.1 Å². The number of nitrogens with one attached hydrogen (secondary N) is 2. The molecule has 2 N–H and O–H groups in total. The molecular weight excluding hydrogens is 366 g/mol. The Kier molecular flexibility index (Phi) is 5.07. The lowest BCUT2D eigenvalue weighted by Crippen LogP contribution is -2.15. The van der Waals surface area contributed by atoms with Gasteiger partial charge in [0.1, 0.15) is 5.58 Å². The van der Waals surface area contributed by atoms with Crippen molar-refractivity contribution in [3.05, 3.63) is 89.9 Å². The predicted octanol–water partition coefficient (Wildman–Crippen LogP) is 4.57. The number of rotatable bonds is 5. The van der Waals surface area contributed by atoms with Crippen LogP contribution in [0.5, 0.6) is 0 Å². The number of hydrogen-bond donors (Lipinski definition) is 2. The Morgan fingerprint density at radius 3 is 2.62 bits per heavy atom.